The SMILES string of the molecule is CCCC(CCC)CC(CC)C(C)C. The summed E-state index contributed by atoms with van der Waals surface area (Å²) in [6.07, 6.45) is 8.43. The summed E-state index contributed by atoms with van der Waals surface area (Å²) in [6.45, 7) is 11.7. The highest BCUT2D eigenvalue weighted by molar-refractivity contribution is 4.68. The van der Waals surface area contributed by atoms with E-state index in [2.05, 4.69) is 34.6 Å². The van der Waals surface area contributed by atoms with E-state index in [-0.39, 0.29) is 0 Å². The molecule has 0 saturated carbocycles. The van der Waals surface area contributed by atoms with Crippen molar-refractivity contribution in [1.29, 1.82) is 0 Å². The minimum Gasteiger partial charge on any atom is -0.0654 e. The zero-order valence-corrected chi connectivity index (χ0v) is 11.0. The zero-order chi connectivity index (χ0) is 11.0. The summed E-state index contributed by atoms with van der Waals surface area (Å²) < 4.78 is 0. The zero-order valence-electron chi connectivity index (χ0n) is 11.0. The number of rotatable bonds is 8. The summed E-state index contributed by atoms with van der Waals surface area (Å²) in [6, 6.07) is 0. The second kappa shape index (κ2) is 8.32. The van der Waals surface area contributed by atoms with E-state index in [0.29, 0.717) is 0 Å². The van der Waals surface area contributed by atoms with Gasteiger partial charge >= 0.3 is 0 Å². The summed E-state index contributed by atoms with van der Waals surface area (Å²) >= 11 is 0. The summed E-state index contributed by atoms with van der Waals surface area (Å²) in [5.74, 6) is 2.83. The molecule has 0 amide bonds. The molecule has 0 radical (unpaired) electrons. The van der Waals surface area contributed by atoms with Crippen LogP contribution in [0.5, 0.6) is 0 Å². The van der Waals surface area contributed by atoms with E-state index >= 15 is 0 Å². The van der Waals surface area contributed by atoms with Crippen LogP contribution in [0, 0.1) is 17.8 Å². The van der Waals surface area contributed by atoms with Crippen molar-refractivity contribution in [1.82, 2.24) is 0 Å². The molecule has 0 bridgehead atoms. The Morgan fingerprint density at radius 2 is 1.36 bits per heavy atom. The lowest BCUT2D eigenvalue weighted by Gasteiger charge is -2.25. The smallest absolute Gasteiger partial charge is 0.0391 e. The molecule has 14 heavy (non-hydrogen) atoms. The quantitative estimate of drug-likeness (QED) is 0.498. The van der Waals surface area contributed by atoms with E-state index in [1.54, 1.807) is 0 Å². The van der Waals surface area contributed by atoms with Crippen molar-refractivity contribution in [2.75, 3.05) is 0 Å². The summed E-state index contributed by atoms with van der Waals surface area (Å²) in [5.41, 5.74) is 0. The van der Waals surface area contributed by atoms with Crippen LogP contribution in [0.25, 0.3) is 0 Å². The van der Waals surface area contributed by atoms with Gasteiger partial charge in [0, 0.05) is 0 Å². The first-order valence-electron chi connectivity index (χ1n) is 6.65. The lowest BCUT2D eigenvalue weighted by Crippen LogP contribution is -2.13. The number of hydrogen-bond donors (Lipinski definition) is 0. The van der Waals surface area contributed by atoms with Crippen molar-refractivity contribution >= 4 is 0 Å². The molecule has 0 saturated heterocycles. The average Bonchev–Trinajstić information content (AvgIpc) is 2.14. The third kappa shape index (κ3) is 5.67. The van der Waals surface area contributed by atoms with Crippen LogP contribution in [0.15, 0.2) is 0 Å². The molecule has 1 unspecified atom stereocenters. The first-order chi connectivity index (χ1) is 6.65. The van der Waals surface area contributed by atoms with Crippen molar-refractivity contribution in [3.63, 3.8) is 0 Å². The van der Waals surface area contributed by atoms with Crippen LogP contribution < -0.4 is 0 Å². The van der Waals surface area contributed by atoms with Crippen molar-refractivity contribution in [3.8, 4) is 0 Å². The predicted octanol–water partition coefficient (Wildman–Crippen LogP) is 5.28. The molecule has 0 aromatic carbocycles. The van der Waals surface area contributed by atoms with E-state index in [1.807, 2.05) is 0 Å². The molecule has 0 rings (SSSR count). The maximum atomic E-state index is 2.38. The largest absolute Gasteiger partial charge is 0.0654 e. The van der Waals surface area contributed by atoms with Crippen LogP contribution in [0.4, 0.5) is 0 Å². The Morgan fingerprint density at radius 3 is 1.64 bits per heavy atom. The van der Waals surface area contributed by atoms with Crippen molar-refractivity contribution in [2.45, 2.75) is 73.1 Å². The molecular weight excluding hydrogens is 168 g/mol. The first-order valence-corrected chi connectivity index (χ1v) is 6.65. The normalized spacial score (nSPS) is 13.9. The van der Waals surface area contributed by atoms with Gasteiger partial charge in [0.15, 0.2) is 0 Å². The average molecular weight is 198 g/mol. The molecule has 0 spiro atoms. The van der Waals surface area contributed by atoms with Crippen molar-refractivity contribution in [3.05, 3.63) is 0 Å². The molecule has 0 aliphatic heterocycles. The van der Waals surface area contributed by atoms with Crippen LogP contribution in [0.2, 0.25) is 0 Å². The van der Waals surface area contributed by atoms with Gasteiger partial charge < -0.3 is 0 Å². The van der Waals surface area contributed by atoms with Gasteiger partial charge in [-0.3, -0.25) is 0 Å². The second-order valence-electron chi connectivity index (χ2n) is 5.09. The van der Waals surface area contributed by atoms with Crippen LogP contribution in [-0.4, -0.2) is 0 Å². The van der Waals surface area contributed by atoms with E-state index in [9.17, 15) is 0 Å². The highest BCUT2D eigenvalue weighted by Gasteiger charge is 2.16. The summed E-state index contributed by atoms with van der Waals surface area (Å²) in [7, 11) is 0. The van der Waals surface area contributed by atoms with E-state index in [1.165, 1.54) is 38.5 Å². The van der Waals surface area contributed by atoms with Gasteiger partial charge in [-0.25, -0.2) is 0 Å². The predicted molar refractivity (Wildman–Crippen MR) is 66.5 cm³/mol. The lowest BCUT2D eigenvalue weighted by molar-refractivity contribution is 0.267. The molecule has 0 heteroatoms. The fraction of sp³-hybridized carbons (Fsp3) is 1.00. The Bertz CT molecular complexity index is 109. The van der Waals surface area contributed by atoms with Crippen molar-refractivity contribution < 1.29 is 0 Å². The van der Waals surface area contributed by atoms with Crippen molar-refractivity contribution in [2.24, 2.45) is 17.8 Å². The molecule has 86 valence electrons. The molecule has 0 aliphatic carbocycles. The molecule has 0 fully saturated rings. The van der Waals surface area contributed by atoms with Gasteiger partial charge in [-0.15, -0.1) is 0 Å². The monoisotopic (exact) mass is 198 g/mol. The Kier molecular flexibility index (Phi) is 8.32. The van der Waals surface area contributed by atoms with Crippen LogP contribution in [0.3, 0.4) is 0 Å². The fourth-order valence-electron chi connectivity index (χ4n) is 2.53. The highest BCUT2D eigenvalue weighted by atomic mass is 14.2. The molecule has 0 aromatic heterocycles. The topological polar surface area (TPSA) is 0 Å². The van der Waals surface area contributed by atoms with Crippen LogP contribution in [0.1, 0.15) is 73.1 Å². The Morgan fingerprint density at radius 1 is 0.857 bits per heavy atom. The maximum absolute atomic E-state index is 2.38. The maximum Gasteiger partial charge on any atom is -0.0391 e. The minimum atomic E-state index is 0.871. The first kappa shape index (κ1) is 14.0. The van der Waals surface area contributed by atoms with Gasteiger partial charge in [-0.1, -0.05) is 66.7 Å². The van der Waals surface area contributed by atoms with Crippen LogP contribution >= 0.6 is 0 Å². The van der Waals surface area contributed by atoms with E-state index in [4.69, 9.17) is 0 Å². The third-order valence-corrected chi connectivity index (χ3v) is 3.50. The van der Waals surface area contributed by atoms with Gasteiger partial charge in [-0.2, -0.15) is 0 Å². The number of hydrogen-bond acceptors (Lipinski definition) is 0. The van der Waals surface area contributed by atoms with Gasteiger partial charge in [0.1, 0.15) is 0 Å². The van der Waals surface area contributed by atoms with Gasteiger partial charge in [0.05, 0.1) is 0 Å². The molecule has 0 aromatic rings. The molecule has 0 heterocycles. The van der Waals surface area contributed by atoms with E-state index < -0.39 is 0 Å². The molecule has 1 atom stereocenters. The Balaban J connectivity index is 3.96. The molecular formula is C14H30. The van der Waals surface area contributed by atoms with Crippen LogP contribution in [-0.2, 0) is 0 Å². The second-order valence-corrected chi connectivity index (χ2v) is 5.09. The minimum absolute atomic E-state index is 0.871. The van der Waals surface area contributed by atoms with Gasteiger partial charge in [0.25, 0.3) is 0 Å². The standard InChI is InChI=1S/C14H30/c1-6-9-13(10-7-2)11-14(8-3)12(4)5/h12-14H,6-11H2,1-5H3. The Hall–Kier alpha value is 0. The summed E-state index contributed by atoms with van der Waals surface area (Å²) in [4.78, 5) is 0. The summed E-state index contributed by atoms with van der Waals surface area (Å²) in [5, 5.41) is 0. The molecule has 0 aliphatic rings. The fourth-order valence-corrected chi connectivity index (χ4v) is 2.53. The van der Waals surface area contributed by atoms with Gasteiger partial charge in [-0.05, 0) is 24.2 Å². The molecule has 0 N–H and O–H groups in total. The molecule has 0 nitrogen and oxygen atoms in total. The van der Waals surface area contributed by atoms with Gasteiger partial charge in [0.2, 0.25) is 0 Å². The van der Waals surface area contributed by atoms with E-state index in [0.717, 1.165) is 17.8 Å². The third-order valence-electron chi connectivity index (χ3n) is 3.50. The lowest BCUT2D eigenvalue weighted by atomic mass is 9.81. The highest BCUT2D eigenvalue weighted by Crippen LogP contribution is 2.28. The Labute approximate surface area is 91.5 Å².